The van der Waals surface area contributed by atoms with Crippen LogP contribution in [0, 0.1) is 5.92 Å². The minimum Gasteiger partial charge on any atom is -0.314 e. The normalized spacial score (nSPS) is 13.4. The highest BCUT2D eigenvalue weighted by Gasteiger charge is 2.04. The molecule has 0 saturated heterocycles. The predicted octanol–water partition coefficient (Wildman–Crippen LogP) is 3.93. The summed E-state index contributed by atoms with van der Waals surface area (Å²) in [5.74, 6) is 3.50. The van der Waals surface area contributed by atoms with E-state index in [1.165, 1.54) is 43.7 Å². The third-order valence-corrected chi connectivity index (χ3v) is 3.95. The van der Waals surface area contributed by atoms with Crippen molar-refractivity contribution in [1.82, 2.24) is 5.32 Å². The lowest BCUT2D eigenvalue weighted by atomic mass is 10.1. The van der Waals surface area contributed by atoms with E-state index in [1.54, 1.807) is 0 Å². The van der Waals surface area contributed by atoms with E-state index in [2.05, 4.69) is 44.8 Å². The molecular weight excluding hydrogens is 202 g/mol. The van der Waals surface area contributed by atoms with E-state index in [-0.39, 0.29) is 0 Å². The van der Waals surface area contributed by atoms with Crippen molar-refractivity contribution in [2.24, 2.45) is 5.92 Å². The summed E-state index contributed by atoms with van der Waals surface area (Å²) in [5.41, 5.74) is 0. The van der Waals surface area contributed by atoms with Gasteiger partial charge in [-0.2, -0.15) is 11.8 Å². The van der Waals surface area contributed by atoms with Crippen LogP contribution < -0.4 is 5.32 Å². The fourth-order valence-corrected chi connectivity index (χ4v) is 2.56. The number of hydrogen-bond donors (Lipinski definition) is 1. The zero-order chi connectivity index (χ0) is 11.5. The molecule has 1 unspecified atom stereocenters. The van der Waals surface area contributed by atoms with Crippen LogP contribution in [-0.4, -0.2) is 24.1 Å². The van der Waals surface area contributed by atoms with Gasteiger partial charge in [0, 0.05) is 6.04 Å². The SMILES string of the molecule is CCCNC(CC)CCCSCC(C)C. The Bertz CT molecular complexity index is 126. The molecule has 0 amide bonds. The minimum absolute atomic E-state index is 0.754. The first-order valence-electron chi connectivity index (χ1n) is 6.51. The molecule has 0 radical (unpaired) electrons. The number of nitrogens with one attached hydrogen (secondary N) is 1. The summed E-state index contributed by atoms with van der Waals surface area (Å²) < 4.78 is 0. The topological polar surface area (TPSA) is 12.0 Å². The van der Waals surface area contributed by atoms with Gasteiger partial charge in [0.05, 0.1) is 0 Å². The van der Waals surface area contributed by atoms with Gasteiger partial charge in [0.1, 0.15) is 0 Å². The molecule has 0 saturated carbocycles. The lowest BCUT2D eigenvalue weighted by Crippen LogP contribution is -2.29. The monoisotopic (exact) mass is 231 g/mol. The molecule has 0 aliphatic rings. The third kappa shape index (κ3) is 10.6. The van der Waals surface area contributed by atoms with Crippen LogP contribution >= 0.6 is 11.8 Å². The zero-order valence-corrected chi connectivity index (χ0v) is 11.8. The summed E-state index contributed by atoms with van der Waals surface area (Å²) in [6, 6.07) is 0.754. The maximum Gasteiger partial charge on any atom is 0.00647 e. The van der Waals surface area contributed by atoms with E-state index in [1.807, 2.05) is 0 Å². The van der Waals surface area contributed by atoms with Crippen molar-refractivity contribution in [2.75, 3.05) is 18.1 Å². The van der Waals surface area contributed by atoms with Crippen LogP contribution in [0.2, 0.25) is 0 Å². The molecule has 2 heteroatoms. The highest BCUT2D eigenvalue weighted by Crippen LogP contribution is 2.11. The Morgan fingerprint density at radius 2 is 1.93 bits per heavy atom. The van der Waals surface area contributed by atoms with Gasteiger partial charge in [-0.15, -0.1) is 0 Å². The van der Waals surface area contributed by atoms with Crippen LogP contribution in [0.5, 0.6) is 0 Å². The summed E-state index contributed by atoms with van der Waals surface area (Å²) >= 11 is 2.11. The Morgan fingerprint density at radius 3 is 2.47 bits per heavy atom. The average Bonchev–Trinajstić information content (AvgIpc) is 2.21. The molecule has 0 rings (SSSR count). The number of hydrogen-bond acceptors (Lipinski definition) is 2. The van der Waals surface area contributed by atoms with E-state index < -0.39 is 0 Å². The van der Waals surface area contributed by atoms with Gasteiger partial charge < -0.3 is 5.32 Å². The summed E-state index contributed by atoms with van der Waals surface area (Å²) in [6.07, 6.45) is 5.24. The minimum atomic E-state index is 0.754. The van der Waals surface area contributed by atoms with Crippen LogP contribution in [0.1, 0.15) is 53.4 Å². The Morgan fingerprint density at radius 1 is 1.20 bits per heavy atom. The fraction of sp³-hybridized carbons (Fsp3) is 1.00. The highest BCUT2D eigenvalue weighted by molar-refractivity contribution is 7.99. The van der Waals surface area contributed by atoms with Crippen LogP contribution in [0.3, 0.4) is 0 Å². The van der Waals surface area contributed by atoms with Gasteiger partial charge in [-0.05, 0) is 49.7 Å². The second kappa shape index (κ2) is 10.8. The molecule has 0 aromatic heterocycles. The molecule has 0 aliphatic carbocycles. The van der Waals surface area contributed by atoms with Crippen molar-refractivity contribution in [3.63, 3.8) is 0 Å². The van der Waals surface area contributed by atoms with Gasteiger partial charge >= 0.3 is 0 Å². The van der Waals surface area contributed by atoms with Crippen LogP contribution in [0.25, 0.3) is 0 Å². The number of rotatable bonds is 10. The highest BCUT2D eigenvalue weighted by atomic mass is 32.2. The Kier molecular flexibility index (Phi) is 11.0. The smallest absolute Gasteiger partial charge is 0.00647 e. The van der Waals surface area contributed by atoms with E-state index in [0.717, 1.165) is 12.0 Å². The van der Waals surface area contributed by atoms with Crippen LogP contribution in [0.15, 0.2) is 0 Å². The van der Waals surface area contributed by atoms with E-state index in [9.17, 15) is 0 Å². The fourth-order valence-electron chi connectivity index (χ4n) is 1.55. The lowest BCUT2D eigenvalue weighted by molar-refractivity contribution is 0.465. The standard InChI is InChI=1S/C13H29NS/c1-5-9-14-13(6-2)8-7-10-15-11-12(3)4/h12-14H,5-11H2,1-4H3. The largest absolute Gasteiger partial charge is 0.314 e. The van der Waals surface area contributed by atoms with E-state index in [0.29, 0.717) is 0 Å². The summed E-state index contributed by atoms with van der Waals surface area (Å²) in [7, 11) is 0. The van der Waals surface area contributed by atoms with Gasteiger partial charge in [0.2, 0.25) is 0 Å². The molecule has 0 aliphatic heterocycles. The molecule has 0 bridgehead atoms. The van der Waals surface area contributed by atoms with Crippen LogP contribution in [-0.2, 0) is 0 Å². The average molecular weight is 231 g/mol. The molecule has 92 valence electrons. The summed E-state index contributed by atoms with van der Waals surface area (Å²) in [4.78, 5) is 0. The Hall–Kier alpha value is 0.310. The predicted molar refractivity (Wildman–Crippen MR) is 73.8 cm³/mol. The van der Waals surface area contributed by atoms with Crippen molar-refractivity contribution in [3.05, 3.63) is 0 Å². The first-order chi connectivity index (χ1) is 7.20. The number of thioether (sulfide) groups is 1. The maximum atomic E-state index is 3.61. The molecule has 0 heterocycles. The lowest BCUT2D eigenvalue weighted by Gasteiger charge is -2.16. The molecule has 0 aromatic carbocycles. The van der Waals surface area contributed by atoms with Gasteiger partial charge in [-0.3, -0.25) is 0 Å². The first kappa shape index (κ1) is 15.3. The van der Waals surface area contributed by atoms with E-state index >= 15 is 0 Å². The van der Waals surface area contributed by atoms with Crippen molar-refractivity contribution < 1.29 is 0 Å². The molecule has 15 heavy (non-hydrogen) atoms. The van der Waals surface area contributed by atoms with Gasteiger partial charge in [0.25, 0.3) is 0 Å². The molecule has 1 atom stereocenters. The Labute approximate surface area is 101 Å². The summed E-state index contributed by atoms with van der Waals surface area (Å²) in [5, 5.41) is 3.61. The summed E-state index contributed by atoms with van der Waals surface area (Å²) in [6.45, 7) is 10.3. The molecule has 1 N–H and O–H groups in total. The second-order valence-corrected chi connectivity index (χ2v) is 5.82. The first-order valence-corrected chi connectivity index (χ1v) is 7.67. The zero-order valence-electron chi connectivity index (χ0n) is 11.0. The van der Waals surface area contributed by atoms with Gasteiger partial charge in [-0.25, -0.2) is 0 Å². The second-order valence-electron chi connectivity index (χ2n) is 4.67. The van der Waals surface area contributed by atoms with Crippen molar-refractivity contribution in [2.45, 2.75) is 59.4 Å². The Balaban J connectivity index is 3.30. The van der Waals surface area contributed by atoms with Crippen molar-refractivity contribution in [3.8, 4) is 0 Å². The molecule has 0 spiro atoms. The van der Waals surface area contributed by atoms with Crippen molar-refractivity contribution >= 4 is 11.8 Å². The van der Waals surface area contributed by atoms with Gasteiger partial charge in [0.15, 0.2) is 0 Å². The van der Waals surface area contributed by atoms with Crippen LogP contribution in [0.4, 0.5) is 0 Å². The molecular formula is C13H29NS. The van der Waals surface area contributed by atoms with E-state index in [4.69, 9.17) is 0 Å². The quantitative estimate of drug-likeness (QED) is 0.572. The molecule has 1 nitrogen and oxygen atoms in total. The van der Waals surface area contributed by atoms with Gasteiger partial charge in [-0.1, -0.05) is 27.7 Å². The third-order valence-electron chi connectivity index (χ3n) is 2.47. The molecule has 0 fully saturated rings. The maximum absolute atomic E-state index is 3.61. The molecule has 0 aromatic rings. The van der Waals surface area contributed by atoms with Crippen molar-refractivity contribution in [1.29, 1.82) is 0 Å².